The molecule has 0 atom stereocenters. The van der Waals surface area contributed by atoms with E-state index in [-0.39, 0.29) is 12.5 Å². The Hall–Kier alpha value is -2.14. The van der Waals surface area contributed by atoms with Gasteiger partial charge in [-0.15, -0.1) is 0 Å². The standard InChI is InChI=1S/C16H19N3O2/c1-18-8-7-15-14(10-18)9-17-19(15)11-16(20)21-12-13-5-3-2-4-6-13/h2-6,9H,7-8,10-12H2,1H3. The quantitative estimate of drug-likeness (QED) is 0.801. The van der Waals surface area contributed by atoms with Gasteiger partial charge in [-0.1, -0.05) is 30.3 Å². The zero-order valence-corrected chi connectivity index (χ0v) is 12.2. The number of esters is 1. The van der Waals surface area contributed by atoms with Crippen LogP contribution in [0, 0.1) is 0 Å². The van der Waals surface area contributed by atoms with E-state index in [1.165, 1.54) is 5.56 Å². The lowest BCUT2D eigenvalue weighted by atomic mass is 10.1. The summed E-state index contributed by atoms with van der Waals surface area (Å²) in [6.07, 6.45) is 2.78. The Bertz CT molecular complexity index is 622. The van der Waals surface area contributed by atoms with Crippen molar-refractivity contribution in [3.63, 3.8) is 0 Å². The minimum atomic E-state index is -0.247. The Morgan fingerprint density at radius 3 is 2.95 bits per heavy atom. The van der Waals surface area contributed by atoms with Crippen molar-refractivity contribution in [3.8, 4) is 0 Å². The van der Waals surface area contributed by atoms with E-state index in [1.807, 2.05) is 36.5 Å². The van der Waals surface area contributed by atoms with Crippen molar-refractivity contribution < 1.29 is 9.53 Å². The van der Waals surface area contributed by atoms with E-state index in [1.54, 1.807) is 4.68 Å². The van der Waals surface area contributed by atoms with Gasteiger partial charge < -0.3 is 9.64 Å². The molecule has 0 unspecified atom stereocenters. The third kappa shape index (κ3) is 3.31. The van der Waals surface area contributed by atoms with E-state index in [0.29, 0.717) is 6.61 Å². The van der Waals surface area contributed by atoms with Gasteiger partial charge in [-0.25, -0.2) is 0 Å². The lowest BCUT2D eigenvalue weighted by Gasteiger charge is -2.22. The number of ether oxygens (including phenoxy) is 1. The monoisotopic (exact) mass is 285 g/mol. The van der Waals surface area contributed by atoms with Crippen molar-refractivity contribution >= 4 is 5.97 Å². The van der Waals surface area contributed by atoms with Gasteiger partial charge >= 0.3 is 5.97 Å². The molecule has 0 saturated carbocycles. The fourth-order valence-electron chi connectivity index (χ4n) is 2.58. The van der Waals surface area contributed by atoms with Gasteiger partial charge in [0.2, 0.25) is 0 Å². The molecule has 0 fully saturated rings. The van der Waals surface area contributed by atoms with Crippen molar-refractivity contribution in [2.75, 3.05) is 13.6 Å². The normalized spacial score (nSPS) is 14.7. The molecular formula is C16H19N3O2. The van der Waals surface area contributed by atoms with Crippen LogP contribution in [-0.2, 0) is 35.6 Å². The summed E-state index contributed by atoms with van der Waals surface area (Å²) in [5.74, 6) is -0.247. The highest BCUT2D eigenvalue weighted by molar-refractivity contribution is 5.69. The molecule has 21 heavy (non-hydrogen) atoms. The number of fused-ring (bicyclic) bond motifs is 1. The summed E-state index contributed by atoms with van der Waals surface area (Å²) in [4.78, 5) is 14.2. The molecule has 2 heterocycles. The predicted molar refractivity (Wildman–Crippen MR) is 78.5 cm³/mol. The van der Waals surface area contributed by atoms with E-state index >= 15 is 0 Å². The maximum atomic E-state index is 11.9. The van der Waals surface area contributed by atoms with Gasteiger partial charge in [0.05, 0.1) is 6.20 Å². The third-order valence-corrected chi connectivity index (χ3v) is 3.73. The van der Waals surface area contributed by atoms with Crippen LogP contribution in [0.5, 0.6) is 0 Å². The number of carbonyl (C=O) groups is 1. The Kier molecular flexibility index (Phi) is 4.01. The number of rotatable bonds is 4. The second-order valence-corrected chi connectivity index (χ2v) is 5.41. The summed E-state index contributed by atoms with van der Waals surface area (Å²) in [6, 6.07) is 9.70. The molecule has 0 spiro atoms. The molecule has 0 radical (unpaired) electrons. The first-order valence-corrected chi connectivity index (χ1v) is 7.14. The molecule has 1 aromatic carbocycles. The van der Waals surface area contributed by atoms with Crippen LogP contribution < -0.4 is 0 Å². The second kappa shape index (κ2) is 6.10. The molecule has 5 nitrogen and oxygen atoms in total. The number of hydrogen-bond acceptors (Lipinski definition) is 4. The Morgan fingerprint density at radius 1 is 1.33 bits per heavy atom. The topological polar surface area (TPSA) is 47.4 Å². The number of nitrogens with zero attached hydrogens (tertiary/aromatic N) is 3. The predicted octanol–water partition coefficient (Wildman–Crippen LogP) is 1.61. The van der Waals surface area contributed by atoms with Crippen LogP contribution in [0.2, 0.25) is 0 Å². The second-order valence-electron chi connectivity index (χ2n) is 5.41. The fourth-order valence-corrected chi connectivity index (χ4v) is 2.58. The maximum Gasteiger partial charge on any atom is 0.328 e. The van der Waals surface area contributed by atoms with Gasteiger partial charge in [-0.2, -0.15) is 5.10 Å². The summed E-state index contributed by atoms with van der Waals surface area (Å²) < 4.78 is 7.08. The Morgan fingerprint density at radius 2 is 2.14 bits per heavy atom. The average Bonchev–Trinajstić information content (AvgIpc) is 2.88. The van der Waals surface area contributed by atoms with Crippen molar-refractivity contribution in [3.05, 3.63) is 53.3 Å². The number of likely N-dealkylation sites (N-methyl/N-ethyl adjacent to an activating group) is 1. The Balaban J connectivity index is 1.58. The molecule has 0 bridgehead atoms. The number of hydrogen-bond donors (Lipinski definition) is 0. The molecule has 0 amide bonds. The van der Waals surface area contributed by atoms with E-state index in [0.717, 1.165) is 30.8 Å². The van der Waals surface area contributed by atoms with Crippen LogP contribution in [0.4, 0.5) is 0 Å². The van der Waals surface area contributed by atoms with E-state index in [9.17, 15) is 4.79 Å². The van der Waals surface area contributed by atoms with Crippen LogP contribution in [-0.4, -0.2) is 34.2 Å². The van der Waals surface area contributed by atoms with Gasteiger partial charge in [0.1, 0.15) is 13.2 Å². The van der Waals surface area contributed by atoms with E-state index in [4.69, 9.17) is 4.74 Å². The minimum absolute atomic E-state index is 0.186. The van der Waals surface area contributed by atoms with Crippen LogP contribution in [0.3, 0.4) is 0 Å². The van der Waals surface area contributed by atoms with E-state index in [2.05, 4.69) is 17.0 Å². The largest absolute Gasteiger partial charge is 0.459 e. The molecular weight excluding hydrogens is 266 g/mol. The van der Waals surface area contributed by atoms with Crippen molar-refractivity contribution in [2.24, 2.45) is 0 Å². The number of benzene rings is 1. The van der Waals surface area contributed by atoms with E-state index < -0.39 is 0 Å². The molecule has 0 saturated heterocycles. The minimum Gasteiger partial charge on any atom is -0.459 e. The average molecular weight is 285 g/mol. The van der Waals surface area contributed by atoms with Crippen molar-refractivity contribution in [1.29, 1.82) is 0 Å². The fraction of sp³-hybridized carbons (Fsp3) is 0.375. The highest BCUT2D eigenvalue weighted by atomic mass is 16.5. The molecule has 5 heteroatoms. The van der Waals surface area contributed by atoms with Crippen LogP contribution in [0.25, 0.3) is 0 Å². The summed E-state index contributed by atoms with van der Waals surface area (Å²) in [5.41, 5.74) is 3.36. The molecule has 0 N–H and O–H groups in total. The number of carbonyl (C=O) groups excluding carboxylic acids is 1. The zero-order valence-electron chi connectivity index (χ0n) is 12.2. The van der Waals surface area contributed by atoms with Gasteiger partial charge in [0.25, 0.3) is 0 Å². The van der Waals surface area contributed by atoms with Gasteiger partial charge in [-0.3, -0.25) is 9.48 Å². The van der Waals surface area contributed by atoms with Crippen LogP contribution >= 0.6 is 0 Å². The van der Waals surface area contributed by atoms with Gasteiger partial charge in [0, 0.05) is 30.8 Å². The molecule has 1 aliphatic heterocycles. The first-order chi connectivity index (χ1) is 10.2. The SMILES string of the molecule is CN1CCc2c(cnn2CC(=O)OCc2ccccc2)C1. The molecule has 1 aliphatic rings. The third-order valence-electron chi connectivity index (χ3n) is 3.73. The lowest BCUT2D eigenvalue weighted by Crippen LogP contribution is -2.28. The lowest BCUT2D eigenvalue weighted by molar-refractivity contribution is -0.145. The van der Waals surface area contributed by atoms with Gasteiger partial charge in [-0.05, 0) is 12.6 Å². The summed E-state index contributed by atoms with van der Waals surface area (Å²) in [7, 11) is 2.09. The Labute approximate surface area is 124 Å². The summed E-state index contributed by atoms with van der Waals surface area (Å²) in [6.45, 7) is 2.39. The first-order valence-electron chi connectivity index (χ1n) is 7.14. The molecule has 0 aliphatic carbocycles. The van der Waals surface area contributed by atoms with Crippen molar-refractivity contribution in [1.82, 2.24) is 14.7 Å². The summed E-state index contributed by atoms with van der Waals surface area (Å²) >= 11 is 0. The van der Waals surface area contributed by atoms with Crippen LogP contribution in [0.1, 0.15) is 16.8 Å². The number of aromatic nitrogens is 2. The van der Waals surface area contributed by atoms with Gasteiger partial charge in [0.15, 0.2) is 0 Å². The molecule has 2 aromatic rings. The smallest absolute Gasteiger partial charge is 0.328 e. The molecule has 110 valence electrons. The van der Waals surface area contributed by atoms with Crippen molar-refractivity contribution in [2.45, 2.75) is 26.1 Å². The highest BCUT2D eigenvalue weighted by Gasteiger charge is 2.19. The molecule has 3 rings (SSSR count). The maximum absolute atomic E-state index is 11.9. The first kappa shape index (κ1) is 13.8. The van der Waals surface area contributed by atoms with Crippen LogP contribution in [0.15, 0.2) is 36.5 Å². The summed E-state index contributed by atoms with van der Waals surface area (Å²) in [5, 5.41) is 4.32. The highest BCUT2D eigenvalue weighted by Crippen LogP contribution is 2.17. The zero-order chi connectivity index (χ0) is 14.7. The molecule has 1 aromatic heterocycles.